The van der Waals surface area contributed by atoms with Crippen LogP contribution in [-0.4, -0.2) is 58.9 Å². The van der Waals surface area contributed by atoms with Gasteiger partial charge in [-0.1, -0.05) is 6.92 Å². The summed E-state index contributed by atoms with van der Waals surface area (Å²) in [6, 6.07) is 0.454. The monoisotopic (exact) mass is 337 g/mol. The quantitative estimate of drug-likeness (QED) is 0.906. The van der Waals surface area contributed by atoms with Crippen molar-refractivity contribution in [1.82, 2.24) is 19.6 Å². The molecule has 3 heterocycles. The van der Waals surface area contributed by atoms with E-state index in [9.17, 15) is 4.79 Å². The largest absolute Gasteiger partial charge is 0.345 e. The number of carbonyl (C=O) groups is 1. The van der Waals surface area contributed by atoms with Crippen LogP contribution in [0.2, 0.25) is 0 Å². The number of amides is 1. The second-order valence-electron chi connectivity index (χ2n) is 6.59. The number of nitrogens with zero attached hydrogens (tertiary/aromatic N) is 4. The summed E-state index contributed by atoms with van der Waals surface area (Å²) in [5.74, 6) is 1.48. The van der Waals surface area contributed by atoms with Crippen LogP contribution in [-0.2, 0) is 11.2 Å². The van der Waals surface area contributed by atoms with Crippen molar-refractivity contribution in [2.75, 3.05) is 37.6 Å². The molecule has 2 saturated heterocycles. The molecule has 0 unspecified atom stereocenters. The Kier molecular flexibility index (Phi) is 5.48. The Bertz CT molecular complexity index is 534. The Morgan fingerprint density at radius 1 is 1.35 bits per heavy atom. The molecule has 2 aliphatic heterocycles. The zero-order valence-electron chi connectivity index (χ0n) is 14.1. The van der Waals surface area contributed by atoms with Crippen LogP contribution in [0.25, 0.3) is 0 Å². The Labute approximate surface area is 142 Å². The first-order valence-electron chi connectivity index (χ1n) is 8.77. The third-order valence-corrected chi connectivity index (χ3v) is 5.64. The molecule has 0 spiro atoms. The van der Waals surface area contributed by atoms with Crippen molar-refractivity contribution in [1.29, 1.82) is 0 Å². The van der Waals surface area contributed by atoms with Gasteiger partial charge in [-0.25, -0.2) is 4.98 Å². The first kappa shape index (κ1) is 16.6. The van der Waals surface area contributed by atoms with E-state index in [1.54, 1.807) is 0 Å². The van der Waals surface area contributed by atoms with Gasteiger partial charge in [-0.15, -0.1) is 0 Å². The highest BCUT2D eigenvalue weighted by molar-refractivity contribution is 7.09. The van der Waals surface area contributed by atoms with Gasteiger partial charge >= 0.3 is 0 Å². The summed E-state index contributed by atoms with van der Waals surface area (Å²) >= 11 is 1.48. The molecule has 2 atom stereocenters. The zero-order valence-corrected chi connectivity index (χ0v) is 14.9. The molecule has 2 fully saturated rings. The van der Waals surface area contributed by atoms with E-state index in [0.29, 0.717) is 11.9 Å². The summed E-state index contributed by atoms with van der Waals surface area (Å²) in [6.45, 7) is 8.71. The number of rotatable bonds is 3. The second kappa shape index (κ2) is 7.57. The fourth-order valence-corrected chi connectivity index (χ4v) is 4.26. The number of piperidine rings is 1. The van der Waals surface area contributed by atoms with Crippen LogP contribution in [0.1, 0.15) is 38.9 Å². The van der Waals surface area contributed by atoms with Crippen LogP contribution >= 0.6 is 11.5 Å². The maximum Gasteiger partial charge on any atom is 0.225 e. The number of aryl methyl sites for hydroxylation is 1. The molecule has 0 radical (unpaired) electrons. The highest BCUT2D eigenvalue weighted by Gasteiger charge is 2.29. The lowest BCUT2D eigenvalue weighted by molar-refractivity contribution is -0.136. The van der Waals surface area contributed by atoms with E-state index in [0.717, 1.165) is 69.4 Å². The predicted octanol–water partition coefficient (Wildman–Crippen LogP) is 1.53. The maximum atomic E-state index is 12.8. The molecule has 0 saturated carbocycles. The third-order valence-electron chi connectivity index (χ3n) is 4.82. The number of nitrogens with one attached hydrogen (secondary N) is 1. The zero-order chi connectivity index (χ0) is 16.2. The van der Waals surface area contributed by atoms with Gasteiger partial charge in [0.15, 0.2) is 0 Å². The van der Waals surface area contributed by atoms with Crippen LogP contribution in [0, 0.1) is 5.92 Å². The summed E-state index contributed by atoms with van der Waals surface area (Å²) in [4.78, 5) is 21.7. The molecular formula is C16H27N5OS. The highest BCUT2D eigenvalue weighted by Crippen LogP contribution is 2.22. The number of anilines is 1. The average Bonchev–Trinajstić information content (AvgIpc) is 2.91. The van der Waals surface area contributed by atoms with Crippen molar-refractivity contribution >= 4 is 22.6 Å². The van der Waals surface area contributed by atoms with E-state index in [4.69, 9.17) is 0 Å². The molecule has 2 aliphatic rings. The van der Waals surface area contributed by atoms with E-state index in [1.165, 1.54) is 11.5 Å². The van der Waals surface area contributed by atoms with Crippen LogP contribution < -0.4 is 10.2 Å². The summed E-state index contributed by atoms with van der Waals surface area (Å²) in [5.41, 5.74) is 0. The van der Waals surface area contributed by atoms with Gasteiger partial charge in [0.2, 0.25) is 11.0 Å². The minimum absolute atomic E-state index is 0.200. The van der Waals surface area contributed by atoms with Crippen molar-refractivity contribution in [2.45, 2.75) is 45.6 Å². The highest BCUT2D eigenvalue weighted by atomic mass is 32.1. The Morgan fingerprint density at radius 2 is 2.22 bits per heavy atom. The Hall–Kier alpha value is -1.21. The standard InChI is InChI=1S/C16H27N5OS/c1-3-14-18-16(23-19-14)21-8-4-7-20(9-10-21)15(22)13-5-6-17-12(2)11-13/h12-13,17H,3-11H2,1-2H3/t12-,13-/m0/s1. The molecule has 1 aromatic heterocycles. The lowest BCUT2D eigenvalue weighted by atomic mass is 9.92. The van der Waals surface area contributed by atoms with Gasteiger partial charge in [0, 0.05) is 56.1 Å². The van der Waals surface area contributed by atoms with Crippen LogP contribution in [0.3, 0.4) is 0 Å². The molecule has 1 N–H and O–H groups in total. The summed E-state index contributed by atoms with van der Waals surface area (Å²) < 4.78 is 4.38. The molecule has 0 bridgehead atoms. The van der Waals surface area contributed by atoms with Gasteiger partial charge < -0.3 is 15.1 Å². The molecule has 1 amide bonds. The van der Waals surface area contributed by atoms with Crippen LogP contribution in [0.4, 0.5) is 5.13 Å². The third kappa shape index (κ3) is 4.01. The van der Waals surface area contributed by atoms with Gasteiger partial charge in [-0.2, -0.15) is 4.37 Å². The fraction of sp³-hybridized carbons (Fsp3) is 0.812. The SMILES string of the molecule is CCc1nsc(N2CCCN(C(=O)[C@H]3CCN[C@@H](C)C3)CC2)n1. The second-order valence-corrected chi connectivity index (χ2v) is 7.32. The van der Waals surface area contributed by atoms with Crippen molar-refractivity contribution in [3.05, 3.63) is 5.82 Å². The van der Waals surface area contributed by atoms with Gasteiger partial charge in [0.25, 0.3) is 0 Å². The van der Waals surface area contributed by atoms with Gasteiger partial charge in [-0.3, -0.25) is 4.79 Å². The molecule has 128 valence electrons. The molecule has 1 aromatic rings. The molecule has 0 aliphatic carbocycles. The van der Waals surface area contributed by atoms with Gasteiger partial charge in [-0.05, 0) is 32.7 Å². The molecule has 7 heteroatoms. The Morgan fingerprint density at radius 3 is 2.96 bits per heavy atom. The first-order valence-corrected chi connectivity index (χ1v) is 9.54. The number of carbonyl (C=O) groups excluding carboxylic acids is 1. The molecule has 6 nitrogen and oxygen atoms in total. The van der Waals surface area contributed by atoms with Gasteiger partial charge in [0.1, 0.15) is 5.82 Å². The summed E-state index contributed by atoms with van der Waals surface area (Å²) in [6.07, 6.45) is 3.82. The molecule has 3 rings (SSSR count). The van der Waals surface area contributed by atoms with E-state index >= 15 is 0 Å². The van der Waals surface area contributed by atoms with E-state index in [-0.39, 0.29) is 5.92 Å². The van der Waals surface area contributed by atoms with Crippen molar-refractivity contribution in [3.8, 4) is 0 Å². The summed E-state index contributed by atoms with van der Waals surface area (Å²) in [5, 5.41) is 4.43. The summed E-state index contributed by atoms with van der Waals surface area (Å²) in [7, 11) is 0. The van der Waals surface area contributed by atoms with Gasteiger partial charge in [0.05, 0.1) is 0 Å². The smallest absolute Gasteiger partial charge is 0.225 e. The minimum Gasteiger partial charge on any atom is -0.345 e. The topological polar surface area (TPSA) is 61.4 Å². The van der Waals surface area contributed by atoms with Crippen molar-refractivity contribution < 1.29 is 4.79 Å². The van der Waals surface area contributed by atoms with Crippen LogP contribution in [0.15, 0.2) is 0 Å². The first-order chi connectivity index (χ1) is 11.2. The minimum atomic E-state index is 0.200. The molecule has 0 aromatic carbocycles. The number of aromatic nitrogens is 2. The normalized spacial score (nSPS) is 26.2. The molecule has 23 heavy (non-hydrogen) atoms. The lowest BCUT2D eigenvalue weighted by Gasteiger charge is -2.31. The van der Waals surface area contributed by atoms with E-state index < -0.39 is 0 Å². The Balaban J connectivity index is 1.58. The van der Waals surface area contributed by atoms with E-state index in [2.05, 4.69) is 38.3 Å². The van der Waals surface area contributed by atoms with Crippen molar-refractivity contribution in [2.24, 2.45) is 5.92 Å². The average molecular weight is 337 g/mol. The lowest BCUT2D eigenvalue weighted by Crippen LogP contribution is -2.45. The van der Waals surface area contributed by atoms with Crippen molar-refractivity contribution in [3.63, 3.8) is 0 Å². The number of hydrogen-bond acceptors (Lipinski definition) is 6. The maximum absolute atomic E-state index is 12.8. The fourth-order valence-electron chi connectivity index (χ4n) is 3.46. The van der Waals surface area contributed by atoms with E-state index in [1.807, 2.05) is 0 Å². The predicted molar refractivity (Wildman–Crippen MR) is 92.9 cm³/mol. The number of hydrogen-bond donors (Lipinski definition) is 1. The van der Waals surface area contributed by atoms with Crippen LogP contribution in [0.5, 0.6) is 0 Å². The molecular weight excluding hydrogens is 310 g/mol.